The third-order valence-electron chi connectivity index (χ3n) is 4.91. The third kappa shape index (κ3) is 2.82. The van der Waals surface area contributed by atoms with Crippen molar-refractivity contribution in [1.29, 1.82) is 0 Å². The molecule has 2 heteroatoms. The topological polar surface area (TPSA) is 32.3 Å². The average Bonchev–Trinajstić information content (AvgIpc) is 2.61. The van der Waals surface area contributed by atoms with Crippen LogP contribution in [0.15, 0.2) is 50.6 Å². The van der Waals surface area contributed by atoms with Gasteiger partial charge in [-0.3, -0.25) is 0 Å². The van der Waals surface area contributed by atoms with Crippen LogP contribution in [0, 0.1) is 11.8 Å². The maximum atomic E-state index is 9.93. The van der Waals surface area contributed by atoms with Crippen LogP contribution in [0.2, 0.25) is 0 Å². The van der Waals surface area contributed by atoms with E-state index in [1.54, 1.807) is 0 Å². The molecular formula is C18H29NO. The van der Waals surface area contributed by atoms with E-state index in [9.17, 15) is 5.11 Å². The molecule has 0 saturated carbocycles. The van der Waals surface area contributed by atoms with Crippen LogP contribution >= 0.6 is 0 Å². The standard InChI is InChI=1S/C18H29NO/c1-6-10-17(11-7-2)15(5)16(14-20)18(19-17,12-8-3)13-9-4/h6-9,15-16,19-20H,1-4,10-14H2,5H3. The largest absolute Gasteiger partial charge is 0.396 e. The van der Waals surface area contributed by atoms with Crippen LogP contribution in [0.3, 0.4) is 0 Å². The van der Waals surface area contributed by atoms with E-state index in [2.05, 4.69) is 38.6 Å². The molecule has 2 N–H and O–H groups in total. The predicted octanol–water partition coefficient (Wildman–Crippen LogP) is 3.62. The van der Waals surface area contributed by atoms with Gasteiger partial charge in [-0.1, -0.05) is 31.2 Å². The third-order valence-corrected chi connectivity index (χ3v) is 4.91. The Kier molecular flexibility index (Phi) is 5.97. The lowest BCUT2D eigenvalue weighted by molar-refractivity contribution is 0.136. The molecule has 0 spiro atoms. The van der Waals surface area contributed by atoms with Crippen molar-refractivity contribution in [2.75, 3.05) is 6.61 Å². The minimum atomic E-state index is -0.163. The Morgan fingerprint density at radius 1 is 0.900 bits per heavy atom. The number of aliphatic hydroxyl groups is 1. The van der Waals surface area contributed by atoms with Crippen molar-refractivity contribution >= 4 is 0 Å². The zero-order valence-corrected chi connectivity index (χ0v) is 12.8. The first kappa shape index (κ1) is 16.9. The second-order valence-electron chi connectivity index (χ2n) is 5.99. The fourth-order valence-corrected chi connectivity index (χ4v) is 3.97. The van der Waals surface area contributed by atoms with Crippen molar-refractivity contribution in [2.45, 2.75) is 43.7 Å². The first-order valence-electron chi connectivity index (χ1n) is 7.39. The number of rotatable bonds is 9. The molecule has 0 aromatic carbocycles. The molecule has 0 amide bonds. The average molecular weight is 275 g/mol. The van der Waals surface area contributed by atoms with Gasteiger partial charge in [0.2, 0.25) is 0 Å². The van der Waals surface area contributed by atoms with Gasteiger partial charge in [-0.2, -0.15) is 0 Å². The smallest absolute Gasteiger partial charge is 0.0480 e. The Morgan fingerprint density at radius 2 is 1.30 bits per heavy atom. The molecule has 0 bridgehead atoms. The molecule has 2 unspecified atom stereocenters. The van der Waals surface area contributed by atoms with E-state index in [4.69, 9.17) is 0 Å². The van der Waals surface area contributed by atoms with Gasteiger partial charge in [-0.05, 0) is 31.6 Å². The summed E-state index contributed by atoms with van der Waals surface area (Å²) in [6, 6.07) is 0. The van der Waals surface area contributed by atoms with Gasteiger partial charge in [0.1, 0.15) is 0 Å². The second-order valence-corrected chi connectivity index (χ2v) is 5.99. The molecule has 2 nitrogen and oxygen atoms in total. The Balaban J connectivity index is 3.25. The molecule has 1 fully saturated rings. The quantitative estimate of drug-likeness (QED) is 0.630. The maximum absolute atomic E-state index is 9.93. The van der Waals surface area contributed by atoms with E-state index in [0.717, 1.165) is 25.7 Å². The highest BCUT2D eigenvalue weighted by atomic mass is 16.3. The lowest BCUT2D eigenvalue weighted by Crippen LogP contribution is -2.52. The fourth-order valence-electron chi connectivity index (χ4n) is 3.97. The normalized spacial score (nSPS) is 26.9. The van der Waals surface area contributed by atoms with Crippen LogP contribution in [0.1, 0.15) is 32.6 Å². The molecule has 2 atom stereocenters. The summed E-state index contributed by atoms with van der Waals surface area (Å²) in [6.45, 7) is 18.0. The molecule has 0 aromatic heterocycles. The summed E-state index contributed by atoms with van der Waals surface area (Å²) in [5.41, 5.74) is -0.243. The Bertz CT molecular complexity index is 352. The molecule has 20 heavy (non-hydrogen) atoms. The van der Waals surface area contributed by atoms with E-state index in [0.29, 0.717) is 5.92 Å². The maximum Gasteiger partial charge on any atom is 0.0480 e. The van der Waals surface area contributed by atoms with Crippen molar-refractivity contribution in [1.82, 2.24) is 5.32 Å². The first-order valence-corrected chi connectivity index (χ1v) is 7.39. The Morgan fingerprint density at radius 3 is 1.65 bits per heavy atom. The second kappa shape index (κ2) is 7.05. The minimum absolute atomic E-state index is 0.0804. The van der Waals surface area contributed by atoms with Gasteiger partial charge < -0.3 is 10.4 Å². The Labute approximate surface area is 124 Å². The summed E-state index contributed by atoms with van der Waals surface area (Å²) in [6.07, 6.45) is 11.2. The van der Waals surface area contributed by atoms with Crippen LogP contribution in [-0.2, 0) is 0 Å². The van der Waals surface area contributed by atoms with Crippen LogP contribution in [0.25, 0.3) is 0 Å². The van der Waals surface area contributed by atoms with Gasteiger partial charge in [-0.15, -0.1) is 26.3 Å². The van der Waals surface area contributed by atoms with E-state index in [1.807, 2.05) is 24.3 Å². The summed E-state index contributed by atoms with van der Waals surface area (Å²) in [5, 5.41) is 13.8. The molecule has 1 heterocycles. The highest BCUT2D eigenvalue weighted by Crippen LogP contribution is 2.48. The van der Waals surface area contributed by atoms with Gasteiger partial charge in [0.25, 0.3) is 0 Å². The molecule has 0 radical (unpaired) electrons. The lowest BCUT2D eigenvalue weighted by Gasteiger charge is -2.36. The van der Waals surface area contributed by atoms with Crippen molar-refractivity contribution in [3.05, 3.63) is 50.6 Å². The van der Waals surface area contributed by atoms with Gasteiger partial charge in [0.15, 0.2) is 0 Å². The summed E-state index contributed by atoms with van der Waals surface area (Å²) in [5.74, 6) is 0.516. The Hall–Kier alpha value is -1.12. The summed E-state index contributed by atoms with van der Waals surface area (Å²) in [4.78, 5) is 0. The lowest BCUT2D eigenvalue weighted by atomic mass is 9.72. The summed E-state index contributed by atoms with van der Waals surface area (Å²) < 4.78 is 0. The van der Waals surface area contributed by atoms with Gasteiger partial charge in [-0.25, -0.2) is 0 Å². The van der Waals surface area contributed by atoms with Gasteiger partial charge in [0.05, 0.1) is 0 Å². The van der Waals surface area contributed by atoms with Crippen LogP contribution in [0.5, 0.6) is 0 Å². The number of aliphatic hydroxyl groups excluding tert-OH is 1. The summed E-state index contributed by atoms with van der Waals surface area (Å²) in [7, 11) is 0. The van der Waals surface area contributed by atoms with Gasteiger partial charge >= 0.3 is 0 Å². The molecule has 112 valence electrons. The van der Waals surface area contributed by atoms with Crippen molar-refractivity contribution in [2.24, 2.45) is 11.8 Å². The van der Waals surface area contributed by atoms with Gasteiger partial charge in [0, 0.05) is 23.6 Å². The zero-order chi connectivity index (χ0) is 15.2. The van der Waals surface area contributed by atoms with Crippen LogP contribution < -0.4 is 5.32 Å². The molecule has 0 aliphatic carbocycles. The molecule has 0 aromatic rings. The first-order chi connectivity index (χ1) is 9.55. The van der Waals surface area contributed by atoms with E-state index >= 15 is 0 Å². The molecule has 1 aliphatic rings. The molecule has 1 saturated heterocycles. The van der Waals surface area contributed by atoms with Crippen LogP contribution in [-0.4, -0.2) is 22.8 Å². The number of nitrogens with one attached hydrogen (secondary N) is 1. The molecular weight excluding hydrogens is 246 g/mol. The SMILES string of the molecule is C=CCC1(CC=C)NC(CC=C)(CC=C)C(CO)C1C. The minimum Gasteiger partial charge on any atom is -0.396 e. The van der Waals surface area contributed by atoms with Crippen molar-refractivity contribution in [3.8, 4) is 0 Å². The zero-order valence-electron chi connectivity index (χ0n) is 12.8. The van der Waals surface area contributed by atoms with Crippen molar-refractivity contribution in [3.63, 3.8) is 0 Å². The number of hydrogen-bond donors (Lipinski definition) is 2. The fraction of sp³-hybridized carbons (Fsp3) is 0.556. The summed E-state index contributed by atoms with van der Waals surface area (Å²) >= 11 is 0. The highest BCUT2D eigenvalue weighted by molar-refractivity contribution is 5.19. The molecule has 1 rings (SSSR count). The highest BCUT2D eigenvalue weighted by Gasteiger charge is 2.56. The monoisotopic (exact) mass is 275 g/mol. The predicted molar refractivity (Wildman–Crippen MR) is 87.6 cm³/mol. The van der Waals surface area contributed by atoms with E-state index < -0.39 is 0 Å². The van der Waals surface area contributed by atoms with Crippen LogP contribution in [0.4, 0.5) is 0 Å². The van der Waals surface area contributed by atoms with E-state index in [1.165, 1.54) is 0 Å². The molecule has 1 aliphatic heterocycles. The number of hydrogen-bond acceptors (Lipinski definition) is 2. The van der Waals surface area contributed by atoms with E-state index in [-0.39, 0.29) is 23.6 Å². The van der Waals surface area contributed by atoms with Crippen molar-refractivity contribution < 1.29 is 5.11 Å².